The van der Waals surface area contributed by atoms with Gasteiger partial charge in [-0.2, -0.15) is 4.98 Å². The van der Waals surface area contributed by atoms with Crippen LogP contribution in [-0.2, 0) is 21.4 Å². The summed E-state index contributed by atoms with van der Waals surface area (Å²) in [6, 6.07) is 7.58. The van der Waals surface area contributed by atoms with Gasteiger partial charge in [0, 0.05) is 12.0 Å². The summed E-state index contributed by atoms with van der Waals surface area (Å²) < 4.78 is 52.1. The van der Waals surface area contributed by atoms with E-state index < -0.39 is 15.8 Å². The van der Waals surface area contributed by atoms with Crippen molar-refractivity contribution in [3.63, 3.8) is 0 Å². The number of fused-ring (bicyclic) bond motifs is 1. The van der Waals surface area contributed by atoms with Crippen molar-refractivity contribution in [2.24, 2.45) is 0 Å². The number of halogens is 2. The maximum Gasteiger partial charge on any atom is 0.265 e. The van der Waals surface area contributed by atoms with Crippen molar-refractivity contribution >= 4 is 38.9 Å². The van der Waals surface area contributed by atoms with Crippen molar-refractivity contribution in [2.75, 3.05) is 16.2 Å². The van der Waals surface area contributed by atoms with Crippen molar-refractivity contribution in [3.8, 4) is 5.75 Å². The SMILES string of the molecule is O=C1COc2cc(S(=O)(=O)Nc3cccc(F)c3)c(Cl)cc2N1Cc1noc(C2CC2)n1. The van der Waals surface area contributed by atoms with Gasteiger partial charge >= 0.3 is 0 Å². The molecule has 0 unspecified atom stereocenters. The van der Waals surface area contributed by atoms with E-state index in [9.17, 15) is 17.6 Å². The summed E-state index contributed by atoms with van der Waals surface area (Å²) >= 11 is 6.28. The first-order chi connectivity index (χ1) is 15.3. The number of anilines is 2. The van der Waals surface area contributed by atoms with E-state index in [4.69, 9.17) is 20.9 Å². The van der Waals surface area contributed by atoms with Crippen LogP contribution in [-0.4, -0.2) is 31.1 Å². The van der Waals surface area contributed by atoms with Crippen LogP contribution in [0.1, 0.15) is 30.5 Å². The summed E-state index contributed by atoms with van der Waals surface area (Å²) in [7, 11) is -4.16. The molecule has 1 saturated carbocycles. The maximum absolute atomic E-state index is 13.4. The molecule has 2 heterocycles. The van der Waals surface area contributed by atoms with E-state index in [0.717, 1.165) is 18.9 Å². The van der Waals surface area contributed by atoms with Crippen LogP contribution < -0.4 is 14.4 Å². The minimum Gasteiger partial charge on any atom is -0.482 e. The molecular weight excluding hydrogens is 463 g/mol. The van der Waals surface area contributed by atoms with Crippen molar-refractivity contribution < 1.29 is 26.9 Å². The van der Waals surface area contributed by atoms with Crippen LogP contribution in [0, 0.1) is 5.82 Å². The number of nitrogens with zero attached hydrogens (tertiary/aromatic N) is 3. The predicted octanol–water partition coefficient (Wildman–Crippen LogP) is 3.47. The second-order valence-corrected chi connectivity index (χ2v) is 9.52. The molecule has 1 aliphatic carbocycles. The summed E-state index contributed by atoms with van der Waals surface area (Å²) in [4.78, 5) is 17.9. The summed E-state index contributed by atoms with van der Waals surface area (Å²) in [6.45, 7) is -0.270. The highest BCUT2D eigenvalue weighted by atomic mass is 35.5. The Balaban J connectivity index is 1.45. The quantitative estimate of drug-likeness (QED) is 0.576. The first kappa shape index (κ1) is 20.7. The summed E-state index contributed by atoms with van der Waals surface area (Å²) in [5.74, 6) is 0.346. The second kappa shape index (κ2) is 7.75. The molecule has 1 aliphatic heterocycles. The first-order valence-electron chi connectivity index (χ1n) is 9.68. The third-order valence-electron chi connectivity index (χ3n) is 5.03. The van der Waals surface area contributed by atoms with Crippen LogP contribution in [0.5, 0.6) is 5.75 Å². The van der Waals surface area contributed by atoms with Crippen LogP contribution in [0.4, 0.5) is 15.8 Å². The highest BCUT2D eigenvalue weighted by Gasteiger charge is 2.33. The largest absolute Gasteiger partial charge is 0.482 e. The smallest absolute Gasteiger partial charge is 0.265 e. The number of sulfonamides is 1. The highest BCUT2D eigenvalue weighted by Crippen LogP contribution is 2.41. The Kier molecular flexibility index (Phi) is 5.01. The molecule has 12 heteroatoms. The van der Waals surface area contributed by atoms with Crippen molar-refractivity contribution in [1.82, 2.24) is 10.1 Å². The average molecular weight is 479 g/mol. The number of hydrogen-bond acceptors (Lipinski definition) is 7. The molecule has 9 nitrogen and oxygen atoms in total. The van der Waals surface area contributed by atoms with E-state index in [1.54, 1.807) is 0 Å². The molecule has 0 spiro atoms. The molecule has 0 atom stereocenters. The fourth-order valence-electron chi connectivity index (χ4n) is 3.31. The molecule has 0 saturated heterocycles. The molecule has 1 fully saturated rings. The molecule has 3 aromatic rings. The number of carbonyl (C=O) groups excluding carboxylic acids is 1. The minimum absolute atomic E-state index is 0.0232. The molecule has 166 valence electrons. The Hall–Kier alpha value is -3.18. The third kappa shape index (κ3) is 4.00. The summed E-state index contributed by atoms with van der Waals surface area (Å²) in [6.07, 6.45) is 1.99. The standard InChI is InChI=1S/C20H16ClFN4O5S/c21-14-7-15-16(8-17(14)32(28,29)25-13-3-1-2-12(22)6-13)30-10-19(27)26(15)9-18-23-20(31-24-18)11-4-5-11/h1-3,6-8,11,25H,4-5,9-10H2. The molecular formula is C20H16ClFN4O5S. The fraction of sp³-hybridized carbons (Fsp3) is 0.250. The minimum atomic E-state index is -4.16. The van der Waals surface area contributed by atoms with E-state index in [1.165, 1.54) is 35.2 Å². The van der Waals surface area contributed by atoms with Crippen molar-refractivity contribution in [2.45, 2.75) is 30.2 Å². The van der Waals surface area contributed by atoms with Gasteiger partial charge in [-0.1, -0.05) is 22.8 Å². The first-order valence-corrected chi connectivity index (χ1v) is 11.5. The van der Waals surface area contributed by atoms with Gasteiger partial charge in [-0.05, 0) is 37.1 Å². The van der Waals surface area contributed by atoms with E-state index in [0.29, 0.717) is 11.7 Å². The Morgan fingerprint density at radius 3 is 2.81 bits per heavy atom. The van der Waals surface area contributed by atoms with Gasteiger partial charge in [0.2, 0.25) is 5.89 Å². The summed E-state index contributed by atoms with van der Waals surface area (Å²) in [5, 5.41) is 3.79. The number of ether oxygens (including phenoxy) is 1. The number of rotatable bonds is 6. The van der Waals surface area contributed by atoms with Gasteiger partial charge in [0.1, 0.15) is 16.5 Å². The molecule has 0 bridgehead atoms. The topological polar surface area (TPSA) is 115 Å². The average Bonchev–Trinajstić information content (AvgIpc) is 3.48. The summed E-state index contributed by atoms with van der Waals surface area (Å²) in [5.41, 5.74) is 0.328. The Morgan fingerprint density at radius 1 is 1.25 bits per heavy atom. The van der Waals surface area contributed by atoms with E-state index in [-0.39, 0.29) is 52.0 Å². The lowest BCUT2D eigenvalue weighted by Crippen LogP contribution is -2.38. The van der Waals surface area contributed by atoms with Gasteiger partial charge in [0.05, 0.1) is 22.9 Å². The number of nitrogens with one attached hydrogen (secondary N) is 1. The van der Waals surface area contributed by atoms with Crippen LogP contribution in [0.3, 0.4) is 0 Å². The zero-order valence-electron chi connectivity index (χ0n) is 16.4. The highest BCUT2D eigenvalue weighted by molar-refractivity contribution is 7.92. The Bertz CT molecular complexity index is 1330. The monoisotopic (exact) mass is 478 g/mol. The normalized spacial score (nSPS) is 15.9. The predicted molar refractivity (Wildman–Crippen MR) is 112 cm³/mol. The molecule has 1 N–H and O–H groups in total. The van der Waals surface area contributed by atoms with Gasteiger partial charge < -0.3 is 9.26 Å². The molecule has 1 aromatic heterocycles. The number of benzene rings is 2. The van der Waals surface area contributed by atoms with Crippen LogP contribution in [0.25, 0.3) is 0 Å². The molecule has 2 aliphatic rings. The lowest BCUT2D eigenvalue weighted by Gasteiger charge is -2.29. The van der Waals surface area contributed by atoms with E-state index >= 15 is 0 Å². The molecule has 5 rings (SSSR count). The maximum atomic E-state index is 13.4. The number of carbonyl (C=O) groups is 1. The third-order valence-corrected chi connectivity index (χ3v) is 6.88. The van der Waals surface area contributed by atoms with Crippen LogP contribution >= 0.6 is 11.6 Å². The Labute approximate surface area is 187 Å². The van der Waals surface area contributed by atoms with Gasteiger partial charge in [-0.3, -0.25) is 14.4 Å². The molecule has 32 heavy (non-hydrogen) atoms. The molecule has 0 radical (unpaired) electrons. The number of hydrogen-bond donors (Lipinski definition) is 1. The van der Waals surface area contributed by atoms with Gasteiger partial charge in [-0.15, -0.1) is 0 Å². The number of aromatic nitrogens is 2. The Morgan fingerprint density at radius 2 is 2.06 bits per heavy atom. The van der Waals surface area contributed by atoms with Crippen LogP contribution in [0.15, 0.2) is 45.8 Å². The molecule has 2 aromatic carbocycles. The van der Waals surface area contributed by atoms with Crippen LogP contribution in [0.2, 0.25) is 5.02 Å². The van der Waals surface area contributed by atoms with Gasteiger partial charge in [0.25, 0.3) is 15.9 Å². The zero-order valence-corrected chi connectivity index (χ0v) is 18.0. The van der Waals surface area contributed by atoms with Gasteiger partial charge in [-0.25, -0.2) is 12.8 Å². The van der Waals surface area contributed by atoms with E-state index in [2.05, 4.69) is 14.9 Å². The lowest BCUT2D eigenvalue weighted by molar-refractivity contribution is -0.121. The lowest BCUT2D eigenvalue weighted by atomic mass is 10.2. The second-order valence-electron chi connectivity index (χ2n) is 7.46. The van der Waals surface area contributed by atoms with Gasteiger partial charge in [0.15, 0.2) is 12.4 Å². The van der Waals surface area contributed by atoms with Crippen molar-refractivity contribution in [1.29, 1.82) is 0 Å². The van der Waals surface area contributed by atoms with E-state index in [1.807, 2.05) is 0 Å². The fourth-order valence-corrected chi connectivity index (χ4v) is 4.90. The molecule has 1 amide bonds. The van der Waals surface area contributed by atoms with Crippen molar-refractivity contribution in [3.05, 3.63) is 59.0 Å². The number of amides is 1. The zero-order chi connectivity index (χ0) is 22.5.